The van der Waals surface area contributed by atoms with Gasteiger partial charge >= 0.3 is 6.18 Å². The van der Waals surface area contributed by atoms with Crippen LogP contribution in [0.3, 0.4) is 0 Å². The van der Waals surface area contributed by atoms with Crippen molar-refractivity contribution in [3.05, 3.63) is 0 Å². The third-order valence-electron chi connectivity index (χ3n) is 1.46. The van der Waals surface area contributed by atoms with E-state index in [-0.39, 0.29) is 0 Å². The highest BCUT2D eigenvalue weighted by atomic mass is 79.9. The maximum Gasteiger partial charge on any atom is 0.397 e. The Morgan fingerprint density at radius 2 is 2.07 bits per heavy atom. The van der Waals surface area contributed by atoms with Gasteiger partial charge in [-0.25, -0.2) is 0 Å². The molecule has 84 valence electrons. The summed E-state index contributed by atoms with van der Waals surface area (Å²) >= 11 is 3.30. The number of halogens is 4. The van der Waals surface area contributed by atoms with Gasteiger partial charge in [-0.15, -0.1) is 0 Å². The van der Waals surface area contributed by atoms with E-state index in [0.717, 1.165) is 6.42 Å². The molecule has 0 aliphatic heterocycles. The van der Waals surface area contributed by atoms with Crippen molar-refractivity contribution in [2.24, 2.45) is 0 Å². The van der Waals surface area contributed by atoms with Gasteiger partial charge in [0.25, 0.3) is 0 Å². The zero-order chi connectivity index (χ0) is 11.2. The van der Waals surface area contributed by atoms with Gasteiger partial charge in [0.1, 0.15) is 6.42 Å². The van der Waals surface area contributed by atoms with Gasteiger partial charge in [-0.05, 0) is 12.8 Å². The Hall–Kier alpha value is -0.260. The molecule has 0 aromatic carbocycles. The van der Waals surface area contributed by atoms with Gasteiger partial charge in [0.2, 0.25) is 5.91 Å². The fourth-order valence-corrected chi connectivity index (χ4v) is 1.18. The summed E-state index contributed by atoms with van der Waals surface area (Å²) in [6.07, 6.45) is -4.30. The summed E-state index contributed by atoms with van der Waals surface area (Å²) in [6.45, 7) is 2.24. The topological polar surface area (TPSA) is 29.1 Å². The molecular weight excluding hydrogens is 263 g/mol. The Kier molecular flexibility index (Phi) is 6.15. The second kappa shape index (κ2) is 6.27. The fraction of sp³-hybridized carbons (Fsp3) is 0.875. The van der Waals surface area contributed by atoms with Crippen LogP contribution in [-0.2, 0) is 4.79 Å². The summed E-state index contributed by atoms with van der Waals surface area (Å²) < 4.78 is 35.0. The van der Waals surface area contributed by atoms with Crippen LogP contribution in [0.2, 0.25) is 0 Å². The molecule has 0 heterocycles. The summed E-state index contributed by atoms with van der Waals surface area (Å²) in [5.41, 5.74) is 0. The van der Waals surface area contributed by atoms with Crippen LogP contribution >= 0.6 is 15.9 Å². The Balaban J connectivity index is 3.46. The lowest BCUT2D eigenvalue weighted by Gasteiger charge is -2.08. The highest BCUT2D eigenvalue weighted by Crippen LogP contribution is 2.18. The van der Waals surface area contributed by atoms with Crippen molar-refractivity contribution in [3.63, 3.8) is 0 Å². The van der Waals surface area contributed by atoms with Crippen LogP contribution in [0.4, 0.5) is 13.2 Å². The highest BCUT2D eigenvalue weighted by Gasteiger charge is 2.30. The van der Waals surface area contributed by atoms with E-state index in [9.17, 15) is 18.0 Å². The molecule has 0 fully saturated rings. The minimum absolute atomic E-state index is 0.296. The molecule has 6 heteroatoms. The first-order chi connectivity index (χ1) is 6.31. The molecule has 14 heavy (non-hydrogen) atoms. The monoisotopic (exact) mass is 275 g/mol. The predicted octanol–water partition coefficient (Wildman–Crippen LogP) is 2.62. The predicted molar refractivity (Wildman–Crippen MR) is 51.3 cm³/mol. The fourth-order valence-electron chi connectivity index (χ4n) is 0.856. The molecule has 1 atom stereocenters. The molecule has 1 unspecified atom stereocenters. The van der Waals surface area contributed by atoms with E-state index >= 15 is 0 Å². The van der Waals surface area contributed by atoms with E-state index in [1.165, 1.54) is 0 Å². The van der Waals surface area contributed by atoms with E-state index in [1.54, 1.807) is 0 Å². The van der Waals surface area contributed by atoms with Crippen molar-refractivity contribution in [2.45, 2.75) is 37.2 Å². The van der Waals surface area contributed by atoms with Gasteiger partial charge in [-0.1, -0.05) is 22.9 Å². The van der Waals surface area contributed by atoms with Crippen molar-refractivity contribution in [3.8, 4) is 0 Å². The van der Waals surface area contributed by atoms with Gasteiger partial charge in [0.05, 0.1) is 0 Å². The second-order valence-electron chi connectivity index (χ2n) is 3.06. The summed E-state index contributed by atoms with van der Waals surface area (Å²) in [7, 11) is 0. The van der Waals surface area contributed by atoms with Gasteiger partial charge in [0, 0.05) is 11.4 Å². The largest absolute Gasteiger partial charge is 0.397 e. The summed E-state index contributed by atoms with van der Waals surface area (Å²) in [5.74, 6) is -0.959. The number of nitrogens with one attached hydrogen (secondary N) is 1. The first-order valence-corrected chi connectivity index (χ1v) is 5.20. The Bertz CT molecular complexity index is 182. The quantitative estimate of drug-likeness (QED) is 0.607. The smallest absolute Gasteiger partial charge is 0.356 e. The molecule has 1 amide bonds. The number of carbonyl (C=O) groups is 1. The lowest BCUT2D eigenvalue weighted by atomic mass is 10.2. The van der Waals surface area contributed by atoms with E-state index in [2.05, 4.69) is 21.2 Å². The third-order valence-corrected chi connectivity index (χ3v) is 1.92. The average Bonchev–Trinajstić information content (AvgIpc) is 1.94. The number of hydrogen-bond donors (Lipinski definition) is 1. The minimum Gasteiger partial charge on any atom is -0.356 e. The maximum absolute atomic E-state index is 11.7. The lowest BCUT2D eigenvalue weighted by molar-refractivity contribution is -0.153. The molecule has 0 radical (unpaired) electrons. The molecule has 0 spiro atoms. The Morgan fingerprint density at radius 1 is 1.50 bits per heavy atom. The molecule has 0 rings (SSSR count). The molecule has 0 saturated carbocycles. The van der Waals surface area contributed by atoms with Crippen molar-refractivity contribution in [1.29, 1.82) is 0 Å². The Labute approximate surface area is 89.4 Å². The van der Waals surface area contributed by atoms with Crippen LogP contribution in [-0.4, -0.2) is 23.5 Å². The molecule has 0 saturated heterocycles. The molecule has 0 aliphatic carbocycles. The van der Waals surface area contributed by atoms with E-state index in [4.69, 9.17) is 0 Å². The van der Waals surface area contributed by atoms with Crippen molar-refractivity contribution < 1.29 is 18.0 Å². The maximum atomic E-state index is 11.7. The van der Waals surface area contributed by atoms with Crippen LogP contribution in [0.1, 0.15) is 26.2 Å². The number of hydrogen-bond acceptors (Lipinski definition) is 1. The number of amides is 1. The molecule has 0 aliphatic rings. The molecule has 1 N–H and O–H groups in total. The Morgan fingerprint density at radius 3 is 2.50 bits per heavy atom. The second-order valence-corrected chi connectivity index (χ2v) is 4.63. The van der Waals surface area contributed by atoms with Gasteiger partial charge in [-0.3, -0.25) is 4.79 Å². The molecule has 2 nitrogen and oxygen atoms in total. The number of carbonyl (C=O) groups excluding carboxylic acids is 1. The van der Waals surface area contributed by atoms with E-state index < -0.39 is 18.5 Å². The molecule has 0 aromatic heterocycles. The first-order valence-electron chi connectivity index (χ1n) is 4.29. The number of alkyl halides is 4. The van der Waals surface area contributed by atoms with Crippen LogP contribution in [0.25, 0.3) is 0 Å². The average molecular weight is 276 g/mol. The van der Waals surface area contributed by atoms with Crippen LogP contribution in [0, 0.1) is 0 Å². The van der Waals surface area contributed by atoms with Crippen LogP contribution in [0.5, 0.6) is 0 Å². The zero-order valence-corrected chi connectivity index (χ0v) is 9.41. The minimum atomic E-state index is -4.41. The summed E-state index contributed by atoms with van der Waals surface area (Å²) in [4.78, 5) is 11.0. The highest BCUT2D eigenvalue weighted by molar-refractivity contribution is 9.09. The standard InChI is InChI=1S/C8H13BrF3NO/c1-6(9)3-2-4-13-7(14)5-8(10,11)12/h6H,2-5H2,1H3,(H,13,14). The molecule has 0 bridgehead atoms. The number of rotatable bonds is 5. The third kappa shape index (κ3) is 9.83. The van der Waals surface area contributed by atoms with Crippen molar-refractivity contribution in [1.82, 2.24) is 5.32 Å². The molecular formula is C8H13BrF3NO. The van der Waals surface area contributed by atoms with Gasteiger partial charge < -0.3 is 5.32 Å². The van der Waals surface area contributed by atoms with Crippen LogP contribution in [0.15, 0.2) is 0 Å². The van der Waals surface area contributed by atoms with Crippen molar-refractivity contribution >= 4 is 21.8 Å². The lowest BCUT2D eigenvalue weighted by Crippen LogP contribution is -2.29. The SMILES string of the molecule is CC(Br)CCCNC(=O)CC(F)(F)F. The first kappa shape index (κ1) is 13.7. The normalized spacial score (nSPS) is 13.8. The zero-order valence-electron chi connectivity index (χ0n) is 7.83. The van der Waals surface area contributed by atoms with Gasteiger partial charge in [0.15, 0.2) is 0 Å². The van der Waals surface area contributed by atoms with Gasteiger partial charge in [-0.2, -0.15) is 13.2 Å². The summed E-state index contributed by atoms with van der Waals surface area (Å²) in [6, 6.07) is 0. The molecule has 0 aromatic rings. The summed E-state index contributed by atoms with van der Waals surface area (Å²) in [5, 5.41) is 2.21. The van der Waals surface area contributed by atoms with E-state index in [1.807, 2.05) is 6.92 Å². The van der Waals surface area contributed by atoms with Crippen LogP contribution < -0.4 is 5.32 Å². The van der Waals surface area contributed by atoms with E-state index in [0.29, 0.717) is 17.8 Å². The van der Waals surface area contributed by atoms with Crippen molar-refractivity contribution in [2.75, 3.05) is 6.54 Å².